The molecule has 0 spiro atoms. The van der Waals surface area contributed by atoms with Gasteiger partial charge < -0.3 is 10.2 Å². The second-order valence-electron chi connectivity index (χ2n) is 5.78. The Labute approximate surface area is 133 Å². The van der Waals surface area contributed by atoms with Crippen molar-refractivity contribution in [3.05, 3.63) is 47.3 Å². The first-order valence-corrected chi connectivity index (χ1v) is 6.55. The maximum atomic E-state index is 15.2. The van der Waals surface area contributed by atoms with Gasteiger partial charge in [0.1, 0.15) is 5.76 Å². The van der Waals surface area contributed by atoms with Crippen LogP contribution >= 0.6 is 0 Å². The first kappa shape index (κ1) is 17.9. The number of aliphatic hydroxyl groups excluding tert-OH is 1. The maximum Gasteiger partial charge on any atom is 0.382 e. The summed E-state index contributed by atoms with van der Waals surface area (Å²) < 4.78 is 127. The van der Waals surface area contributed by atoms with E-state index in [2.05, 4.69) is 0 Å². The first-order chi connectivity index (χ1) is 11.1. The van der Waals surface area contributed by atoms with Crippen LogP contribution in [-0.4, -0.2) is 45.2 Å². The van der Waals surface area contributed by atoms with Crippen molar-refractivity contribution in [2.45, 2.75) is 35.0 Å². The van der Waals surface area contributed by atoms with Crippen LogP contribution in [0.15, 0.2) is 47.3 Å². The van der Waals surface area contributed by atoms with Gasteiger partial charge in [-0.1, -0.05) is 24.3 Å². The van der Waals surface area contributed by atoms with Crippen LogP contribution in [0.25, 0.3) is 0 Å². The molecule has 11 heteroatoms. The largest absolute Gasteiger partial charge is 0.508 e. The summed E-state index contributed by atoms with van der Waals surface area (Å²) in [6.45, 7) is 0. The van der Waals surface area contributed by atoms with Crippen LogP contribution in [0.5, 0.6) is 0 Å². The molecule has 0 aromatic carbocycles. The van der Waals surface area contributed by atoms with Crippen LogP contribution < -0.4 is 0 Å². The SMILES string of the molecule is OC1=CC=CC2=CC=C3C(O)(F)C(F)(F)C(F)(F)C(F)(F)C3(F)C12F. The molecule has 3 rings (SSSR count). The van der Waals surface area contributed by atoms with Gasteiger partial charge in [0, 0.05) is 11.1 Å². The molecule has 3 unspecified atom stereocenters. The molecule has 0 bridgehead atoms. The fraction of sp³-hybridized carbons (Fsp3) is 0.429. The minimum atomic E-state index is -6.83. The molecule has 3 aliphatic carbocycles. The Bertz CT molecular complexity index is 777. The van der Waals surface area contributed by atoms with E-state index in [4.69, 9.17) is 5.11 Å². The van der Waals surface area contributed by atoms with E-state index in [9.17, 15) is 35.8 Å². The Morgan fingerprint density at radius 2 is 1.28 bits per heavy atom. The predicted octanol–water partition coefficient (Wildman–Crippen LogP) is 3.86. The molecular weight excluding hydrogens is 371 g/mol. The summed E-state index contributed by atoms with van der Waals surface area (Å²) in [7, 11) is 0. The van der Waals surface area contributed by atoms with Crippen molar-refractivity contribution in [1.29, 1.82) is 0 Å². The number of aliphatic hydroxyl groups is 2. The van der Waals surface area contributed by atoms with Gasteiger partial charge in [0.25, 0.3) is 5.67 Å². The van der Waals surface area contributed by atoms with Crippen molar-refractivity contribution >= 4 is 0 Å². The molecule has 0 heterocycles. The third kappa shape index (κ3) is 1.46. The minimum Gasteiger partial charge on any atom is -0.508 e. The highest BCUT2D eigenvalue weighted by Crippen LogP contribution is 2.70. The van der Waals surface area contributed by atoms with Gasteiger partial charge in [0.05, 0.1) is 0 Å². The van der Waals surface area contributed by atoms with Gasteiger partial charge in [-0.25, -0.2) is 8.78 Å². The smallest absolute Gasteiger partial charge is 0.382 e. The van der Waals surface area contributed by atoms with Crippen LogP contribution in [-0.2, 0) is 0 Å². The van der Waals surface area contributed by atoms with E-state index in [1.165, 1.54) is 0 Å². The van der Waals surface area contributed by atoms with Gasteiger partial charge in [-0.15, -0.1) is 0 Å². The lowest BCUT2D eigenvalue weighted by Gasteiger charge is -2.56. The molecular formula is C14H7F9O2. The highest BCUT2D eigenvalue weighted by atomic mass is 19.4. The van der Waals surface area contributed by atoms with Gasteiger partial charge in [0.15, 0.2) is 0 Å². The molecule has 25 heavy (non-hydrogen) atoms. The van der Waals surface area contributed by atoms with Gasteiger partial charge >= 0.3 is 23.6 Å². The van der Waals surface area contributed by atoms with Crippen LogP contribution in [0.4, 0.5) is 39.5 Å². The summed E-state index contributed by atoms with van der Waals surface area (Å²) >= 11 is 0. The number of halogens is 9. The van der Waals surface area contributed by atoms with Gasteiger partial charge in [0.2, 0.25) is 5.67 Å². The van der Waals surface area contributed by atoms with Crippen LogP contribution in [0.3, 0.4) is 0 Å². The standard InChI is InChI=1S/C14H7F9O2/c15-9-6(2-1-3-8(9)24)4-5-7-10(9,16)12(18,19)14(22,23)13(20,21)11(7,17)25/h1-5,24-25H. The van der Waals surface area contributed by atoms with Crippen molar-refractivity contribution in [2.24, 2.45) is 0 Å². The summed E-state index contributed by atoms with van der Waals surface area (Å²) in [6, 6.07) is 0. The maximum absolute atomic E-state index is 15.2. The fourth-order valence-electron chi connectivity index (χ4n) is 3.15. The van der Waals surface area contributed by atoms with Crippen LogP contribution in [0, 0.1) is 0 Å². The first-order valence-electron chi connectivity index (χ1n) is 6.55. The van der Waals surface area contributed by atoms with Crippen molar-refractivity contribution in [1.82, 2.24) is 0 Å². The van der Waals surface area contributed by atoms with Crippen molar-refractivity contribution in [3.63, 3.8) is 0 Å². The summed E-state index contributed by atoms with van der Waals surface area (Å²) in [5, 5.41) is 18.7. The summed E-state index contributed by atoms with van der Waals surface area (Å²) in [5.41, 5.74) is -13.9. The lowest BCUT2D eigenvalue weighted by Crippen LogP contribution is -2.81. The van der Waals surface area contributed by atoms with Crippen molar-refractivity contribution < 1.29 is 49.7 Å². The molecule has 0 saturated heterocycles. The quantitative estimate of drug-likeness (QED) is 0.629. The van der Waals surface area contributed by atoms with Gasteiger partial charge in [-0.05, 0) is 6.08 Å². The fourth-order valence-corrected chi connectivity index (χ4v) is 3.15. The number of hydrogen-bond acceptors (Lipinski definition) is 2. The van der Waals surface area contributed by atoms with Crippen molar-refractivity contribution in [2.75, 3.05) is 0 Å². The topological polar surface area (TPSA) is 40.5 Å². The van der Waals surface area contributed by atoms with E-state index < -0.39 is 51.9 Å². The Morgan fingerprint density at radius 1 is 0.720 bits per heavy atom. The van der Waals surface area contributed by atoms with E-state index in [1.54, 1.807) is 0 Å². The highest BCUT2D eigenvalue weighted by Gasteiger charge is 2.96. The van der Waals surface area contributed by atoms with E-state index >= 15 is 8.78 Å². The van der Waals surface area contributed by atoms with E-state index in [0.29, 0.717) is 18.2 Å². The Kier molecular flexibility index (Phi) is 3.04. The molecule has 3 aliphatic rings. The Hall–Kier alpha value is -1.91. The lowest BCUT2D eigenvalue weighted by atomic mass is 9.59. The number of rotatable bonds is 0. The van der Waals surface area contributed by atoms with E-state index in [-0.39, 0.29) is 6.08 Å². The minimum absolute atomic E-state index is 0.173. The molecule has 2 nitrogen and oxygen atoms in total. The highest BCUT2D eigenvalue weighted by molar-refractivity contribution is 5.60. The average Bonchev–Trinajstić information content (AvgIpc) is 2.48. The van der Waals surface area contributed by atoms with Gasteiger partial charge in [-0.3, -0.25) is 0 Å². The molecule has 0 aliphatic heterocycles. The second kappa shape index (κ2) is 4.25. The van der Waals surface area contributed by atoms with E-state index in [1.807, 2.05) is 0 Å². The summed E-state index contributed by atoms with van der Waals surface area (Å²) in [5.74, 6) is -27.4. The third-order valence-corrected chi connectivity index (χ3v) is 4.55. The zero-order valence-corrected chi connectivity index (χ0v) is 11.7. The predicted molar refractivity (Wildman–Crippen MR) is 64.6 cm³/mol. The number of alkyl halides is 9. The summed E-state index contributed by atoms with van der Waals surface area (Å²) in [6.07, 6.45) is 1.86. The molecule has 1 saturated carbocycles. The van der Waals surface area contributed by atoms with Crippen LogP contribution in [0.2, 0.25) is 0 Å². The monoisotopic (exact) mass is 378 g/mol. The zero-order valence-electron chi connectivity index (χ0n) is 11.7. The van der Waals surface area contributed by atoms with Gasteiger partial charge in [-0.2, -0.15) is 30.7 Å². The summed E-state index contributed by atoms with van der Waals surface area (Å²) in [4.78, 5) is 0. The molecule has 1 fully saturated rings. The Balaban J connectivity index is 2.46. The molecule has 0 radical (unpaired) electrons. The number of allylic oxidation sites excluding steroid dienone is 6. The lowest BCUT2D eigenvalue weighted by molar-refractivity contribution is -0.424. The number of fused-ring (bicyclic) bond motifs is 3. The molecule has 0 aromatic heterocycles. The molecule has 3 atom stereocenters. The Morgan fingerprint density at radius 3 is 1.84 bits per heavy atom. The second-order valence-corrected chi connectivity index (χ2v) is 5.78. The van der Waals surface area contributed by atoms with Crippen LogP contribution in [0.1, 0.15) is 0 Å². The average molecular weight is 378 g/mol. The zero-order chi connectivity index (χ0) is 19.3. The molecule has 0 amide bonds. The third-order valence-electron chi connectivity index (χ3n) is 4.55. The van der Waals surface area contributed by atoms with E-state index in [0.717, 1.165) is 6.08 Å². The molecule has 0 aromatic rings. The molecule has 138 valence electrons. The number of hydrogen-bond donors (Lipinski definition) is 2. The van der Waals surface area contributed by atoms with Crippen molar-refractivity contribution in [3.8, 4) is 0 Å². The normalized spacial score (nSPS) is 43.4. The molecule has 2 N–H and O–H groups in total.